The first-order chi connectivity index (χ1) is 10.6. The van der Waals surface area contributed by atoms with Gasteiger partial charge in [0.05, 0.1) is 11.4 Å². The third-order valence-corrected chi connectivity index (χ3v) is 4.35. The third kappa shape index (κ3) is 5.27. The van der Waals surface area contributed by atoms with Crippen LogP contribution < -0.4 is 4.74 Å². The minimum Gasteiger partial charge on any atom is -0.491 e. The van der Waals surface area contributed by atoms with Crippen LogP contribution in [0.1, 0.15) is 18.9 Å². The molecule has 0 spiro atoms. The van der Waals surface area contributed by atoms with E-state index >= 15 is 0 Å². The van der Waals surface area contributed by atoms with E-state index < -0.39 is 0 Å². The van der Waals surface area contributed by atoms with E-state index in [-0.39, 0.29) is 43.4 Å². The van der Waals surface area contributed by atoms with Crippen molar-refractivity contribution in [1.82, 2.24) is 4.90 Å². The van der Waals surface area contributed by atoms with Gasteiger partial charge in [0.1, 0.15) is 12.4 Å². The summed E-state index contributed by atoms with van der Waals surface area (Å²) in [6, 6.07) is 5.45. The Morgan fingerprint density at radius 2 is 2.17 bits per heavy atom. The molecule has 1 aromatic rings. The number of alkyl halides is 1. The Morgan fingerprint density at radius 3 is 2.78 bits per heavy atom. The number of nitrogens with zero attached hydrogens (tertiary/aromatic N) is 1. The summed E-state index contributed by atoms with van der Waals surface area (Å²) in [5.74, 6) is 0.711. The maximum Gasteiger partial charge on any atom is 0.236 e. The van der Waals surface area contributed by atoms with Gasteiger partial charge in [0.2, 0.25) is 5.91 Å². The van der Waals surface area contributed by atoms with Crippen LogP contribution in [0.4, 0.5) is 0 Å². The van der Waals surface area contributed by atoms with Crippen molar-refractivity contribution in [3.05, 3.63) is 34.9 Å². The zero-order valence-corrected chi connectivity index (χ0v) is 18.3. The molecule has 0 aromatic heterocycles. The molecule has 0 aliphatic carbocycles. The Balaban J connectivity index is 0.00000264. The molecule has 1 atom stereocenters. The van der Waals surface area contributed by atoms with Gasteiger partial charge in [-0.2, -0.15) is 0 Å². The molecule has 7 heteroatoms. The fraction of sp³-hybridized carbons (Fsp3) is 0.438. The number of carbonyl (C=O) groups excluding carboxylic acids is 1. The van der Waals surface area contributed by atoms with E-state index in [9.17, 15) is 4.79 Å². The smallest absolute Gasteiger partial charge is 0.236 e. The van der Waals surface area contributed by atoms with Crippen LogP contribution in [0.3, 0.4) is 0 Å². The number of rotatable bonds is 6. The van der Waals surface area contributed by atoms with Gasteiger partial charge in [0.15, 0.2) is 0 Å². The first-order valence-corrected chi connectivity index (χ1v) is 8.35. The van der Waals surface area contributed by atoms with Crippen LogP contribution in [0.5, 0.6) is 5.75 Å². The molecule has 1 aliphatic heterocycles. The predicted molar refractivity (Wildman–Crippen MR) is 90.2 cm³/mol. The first kappa shape index (κ1) is 21.1. The second-order valence-corrected chi connectivity index (χ2v) is 6.27. The number of methoxy groups -OCH3 is 1. The van der Waals surface area contributed by atoms with Crippen LogP contribution in [0.2, 0.25) is 5.02 Å². The summed E-state index contributed by atoms with van der Waals surface area (Å²) in [5.41, 5.74) is 1.52. The quantitative estimate of drug-likeness (QED) is 0.358. The van der Waals surface area contributed by atoms with Crippen LogP contribution in [-0.2, 0) is 42.2 Å². The Labute approximate surface area is 175 Å². The molecule has 1 radical (unpaired) electrons. The fourth-order valence-electron chi connectivity index (χ4n) is 2.22. The van der Waals surface area contributed by atoms with E-state index in [4.69, 9.17) is 21.1 Å². The molecule has 2 rings (SSSR count). The molecular formula is C16H18BrClNO3Y-. The largest absolute Gasteiger partial charge is 0.491 e. The van der Waals surface area contributed by atoms with Crippen molar-refractivity contribution in [2.45, 2.75) is 18.2 Å². The van der Waals surface area contributed by atoms with Crippen molar-refractivity contribution >= 4 is 39.1 Å². The number of amides is 1. The van der Waals surface area contributed by atoms with E-state index in [0.29, 0.717) is 37.0 Å². The zero-order valence-electron chi connectivity index (χ0n) is 13.1. The van der Waals surface area contributed by atoms with E-state index in [1.54, 1.807) is 18.1 Å². The van der Waals surface area contributed by atoms with Crippen molar-refractivity contribution in [3.8, 4) is 5.75 Å². The molecule has 1 heterocycles. The van der Waals surface area contributed by atoms with Gasteiger partial charge in [-0.15, -0.1) is 28.9 Å². The third-order valence-electron chi connectivity index (χ3n) is 3.32. The standard InChI is InChI=1S/C16H18BrClNO3.Y/c1-3-19-15(7-6-13(17)16(19)20)12-5-4-11(10-14(12)18)22-9-8-21-2;/h4-5,10,13H,3,6,8-9H2,1-2H3;/q-1;. The van der Waals surface area contributed by atoms with Gasteiger partial charge < -0.3 is 14.4 Å². The summed E-state index contributed by atoms with van der Waals surface area (Å²) >= 11 is 9.73. The van der Waals surface area contributed by atoms with Gasteiger partial charge in [0, 0.05) is 46.4 Å². The van der Waals surface area contributed by atoms with Crippen molar-refractivity contribution < 1.29 is 47.0 Å². The first-order valence-electron chi connectivity index (χ1n) is 7.06. The summed E-state index contributed by atoms with van der Waals surface area (Å²) in [6.45, 7) is 3.49. The zero-order chi connectivity index (χ0) is 16.1. The molecule has 1 amide bonds. The molecule has 1 unspecified atom stereocenters. The topological polar surface area (TPSA) is 38.8 Å². The summed E-state index contributed by atoms with van der Waals surface area (Å²) in [6.07, 6.45) is 3.79. The fourth-order valence-corrected chi connectivity index (χ4v) is 2.89. The average molecular weight is 477 g/mol. The molecule has 0 bridgehead atoms. The van der Waals surface area contributed by atoms with Crippen LogP contribution in [0.25, 0.3) is 5.70 Å². The molecule has 0 N–H and O–H groups in total. The van der Waals surface area contributed by atoms with Crippen molar-refractivity contribution in [1.29, 1.82) is 0 Å². The maximum absolute atomic E-state index is 12.2. The number of hydrogen-bond donors (Lipinski definition) is 0. The van der Waals surface area contributed by atoms with Gasteiger partial charge in [-0.05, 0) is 24.1 Å². The minimum absolute atomic E-state index is 0. The number of halogens is 2. The molecular weight excluding hydrogens is 458 g/mol. The molecule has 1 aromatic carbocycles. The van der Waals surface area contributed by atoms with Crippen LogP contribution in [0, 0.1) is 6.08 Å². The predicted octanol–water partition coefficient (Wildman–Crippen LogP) is 3.52. The summed E-state index contributed by atoms with van der Waals surface area (Å²) in [5, 5.41) is 0.539. The second-order valence-electron chi connectivity index (χ2n) is 4.76. The van der Waals surface area contributed by atoms with Crippen molar-refractivity contribution in [3.63, 3.8) is 0 Å². The van der Waals surface area contributed by atoms with Crippen LogP contribution in [0.15, 0.2) is 18.2 Å². The molecule has 0 saturated carbocycles. The number of carbonyl (C=O) groups is 1. The van der Waals surface area contributed by atoms with Gasteiger partial charge in [-0.1, -0.05) is 22.4 Å². The summed E-state index contributed by atoms with van der Waals surface area (Å²) in [7, 11) is 1.62. The number of hydrogen-bond acceptors (Lipinski definition) is 3. The van der Waals surface area contributed by atoms with E-state index in [0.717, 1.165) is 11.3 Å². The van der Waals surface area contributed by atoms with Gasteiger partial charge in [-0.25, -0.2) is 6.08 Å². The normalized spacial score (nSPS) is 17.6. The molecule has 123 valence electrons. The van der Waals surface area contributed by atoms with Gasteiger partial charge in [0.25, 0.3) is 0 Å². The van der Waals surface area contributed by atoms with Gasteiger partial charge in [-0.3, -0.25) is 4.79 Å². The van der Waals surface area contributed by atoms with Crippen molar-refractivity contribution in [2.24, 2.45) is 0 Å². The molecule has 23 heavy (non-hydrogen) atoms. The SMILES string of the molecule is CCN1C(=O)C(Br)C[C-]=C1c1ccc(OCCOC)cc1Cl.[Y]. The van der Waals surface area contributed by atoms with Crippen LogP contribution >= 0.6 is 27.5 Å². The monoisotopic (exact) mass is 475 g/mol. The van der Waals surface area contributed by atoms with Gasteiger partial charge >= 0.3 is 0 Å². The summed E-state index contributed by atoms with van der Waals surface area (Å²) < 4.78 is 10.5. The average Bonchev–Trinajstić information content (AvgIpc) is 2.51. The Hall–Kier alpha value is 0.0639. The minimum atomic E-state index is -0.216. The molecule has 0 saturated heterocycles. The Kier molecular flexibility index (Phi) is 9.31. The van der Waals surface area contributed by atoms with E-state index in [1.807, 2.05) is 19.1 Å². The second kappa shape index (κ2) is 10.1. The number of allylic oxidation sites excluding steroid dienone is 1. The summed E-state index contributed by atoms with van der Waals surface area (Å²) in [4.78, 5) is 13.7. The molecule has 4 nitrogen and oxygen atoms in total. The molecule has 0 fully saturated rings. The van der Waals surface area contributed by atoms with E-state index in [2.05, 4.69) is 22.0 Å². The Morgan fingerprint density at radius 1 is 1.43 bits per heavy atom. The van der Waals surface area contributed by atoms with E-state index in [1.165, 1.54) is 0 Å². The Bertz CT molecular complexity index is 582. The number of ether oxygens (including phenoxy) is 2. The maximum atomic E-state index is 12.2. The molecule has 1 aliphatic rings. The van der Waals surface area contributed by atoms with Crippen molar-refractivity contribution in [2.75, 3.05) is 26.9 Å². The number of benzene rings is 1. The van der Waals surface area contributed by atoms with Crippen LogP contribution in [-0.4, -0.2) is 42.5 Å².